The molecule has 0 N–H and O–H groups in total. The predicted molar refractivity (Wildman–Crippen MR) is 77.2 cm³/mol. The van der Waals surface area contributed by atoms with Crippen LogP contribution in [-0.4, -0.2) is 55.2 Å². The van der Waals surface area contributed by atoms with Crippen molar-refractivity contribution in [2.75, 3.05) is 39.4 Å². The maximum atomic E-state index is 13.8. The number of nitriles is 1. The number of hydrogen-bond donors (Lipinski definition) is 0. The van der Waals surface area contributed by atoms with E-state index in [1.807, 2.05) is 0 Å². The van der Waals surface area contributed by atoms with Crippen molar-refractivity contribution in [3.63, 3.8) is 0 Å². The van der Waals surface area contributed by atoms with E-state index in [0.29, 0.717) is 23.7 Å². The van der Waals surface area contributed by atoms with E-state index >= 15 is 0 Å². The highest BCUT2D eigenvalue weighted by molar-refractivity contribution is 5.33. The van der Waals surface area contributed by atoms with E-state index in [1.54, 1.807) is 6.07 Å². The average Bonchev–Trinajstić information content (AvgIpc) is 2.99. The van der Waals surface area contributed by atoms with Gasteiger partial charge in [0.25, 0.3) is 0 Å². The SMILES string of the molecule is N#Cc1ccc(F)c(CN2CCC(N3CCOCC3)C2)c1. The van der Waals surface area contributed by atoms with Crippen LogP contribution in [-0.2, 0) is 11.3 Å². The summed E-state index contributed by atoms with van der Waals surface area (Å²) in [6.07, 6.45) is 1.12. The highest BCUT2D eigenvalue weighted by Gasteiger charge is 2.28. The number of nitrogens with zero attached hydrogens (tertiary/aromatic N) is 3. The van der Waals surface area contributed by atoms with E-state index in [9.17, 15) is 4.39 Å². The Morgan fingerprint density at radius 3 is 2.86 bits per heavy atom. The Morgan fingerprint density at radius 1 is 1.29 bits per heavy atom. The smallest absolute Gasteiger partial charge is 0.127 e. The van der Waals surface area contributed by atoms with E-state index < -0.39 is 0 Å². The van der Waals surface area contributed by atoms with Gasteiger partial charge in [-0.3, -0.25) is 9.80 Å². The van der Waals surface area contributed by atoms with Crippen molar-refractivity contribution in [3.8, 4) is 6.07 Å². The maximum Gasteiger partial charge on any atom is 0.127 e. The summed E-state index contributed by atoms with van der Waals surface area (Å²) in [5.41, 5.74) is 1.15. The topological polar surface area (TPSA) is 39.5 Å². The molecular weight excluding hydrogens is 269 g/mol. The Balaban J connectivity index is 1.60. The van der Waals surface area contributed by atoms with Gasteiger partial charge in [0, 0.05) is 44.3 Å². The molecule has 1 unspecified atom stereocenters. The summed E-state index contributed by atoms with van der Waals surface area (Å²) in [7, 11) is 0. The van der Waals surface area contributed by atoms with Crippen LogP contribution in [0.4, 0.5) is 4.39 Å². The molecule has 1 atom stereocenters. The lowest BCUT2D eigenvalue weighted by molar-refractivity contribution is 0.0183. The molecule has 2 fully saturated rings. The van der Waals surface area contributed by atoms with Crippen LogP contribution < -0.4 is 0 Å². The van der Waals surface area contributed by atoms with Crippen LogP contribution in [0.25, 0.3) is 0 Å². The van der Waals surface area contributed by atoms with Crippen molar-refractivity contribution in [2.45, 2.75) is 19.0 Å². The normalized spacial score (nSPS) is 24.1. The maximum absolute atomic E-state index is 13.8. The first-order chi connectivity index (χ1) is 10.3. The third-order valence-electron chi connectivity index (χ3n) is 4.38. The first kappa shape index (κ1) is 14.5. The molecule has 5 heteroatoms. The summed E-state index contributed by atoms with van der Waals surface area (Å²) in [4.78, 5) is 4.76. The van der Waals surface area contributed by atoms with Gasteiger partial charge in [-0.2, -0.15) is 5.26 Å². The van der Waals surface area contributed by atoms with Gasteiger partial charge in [-0.1, -0.05) is 0 Å². The van der Waals surface area contributed by atoms with Crippen molar-refractivity contribution in [3.05, 3.63) is 35.1 Å². The third-order valence-corrected chi connectivity index (χ3v) is 4.38. The van der Waals surface area contributed by atoms with Gasteiger partial charge < -0.3 is 4.74 Å². The summed E-state index contributed by atoms with van der Waals surface area (Å²) in [5, 5.41) is 8.92. The monoisotopic (exact) mass is 289 g/mol. The van der Waals surface area contributed by atoms with Crippen molar-refractivity contribution >= 4 is 0 Å². The molecule has 0 aliphatic carbocycles. The Morgan fingerprint density at radius 2 is 2.10 bits per heavy atom. The van der Waals surface area contributed by atoms with Gasteiger partial charge in [-0.25, -0.2) is 4.39 Å². The molecule has 1 aromatic rings. The second kappa shape index (κ2) is 6.52. The molecule has 2 heterocycles. The molecule has 2 aliphatic heterocycles. The minimum atomic E-state index is -0.219. The van der Waals surface area contributed by atoms with Gasteiger partial charge >= 0.3 is 0 Å². The minimum absolute atomic E-state index is 0.219. The fraction of sp³-hybridized carbons (Fsp3) is 0.562. The molecule has 0 saturated carbocycles. The van der Waals surface area contributed by atoms with Crippen molar-refractivity contribution in [2.24, 2.45) is 0 Å². The molecule has 4 nitrogen and oxygen atoms in total. The molecule has 0 radical (unpaired) electrons. The summed E-state index contributed by atoms with van der Waals surface area (Å²) in [6, 6.07) is 7.21. The van der Waals surface area contributed by atoms with Crippen molar-refractivity contribution in [1.82, 2.24) is 9.80 Å². The summed E-state index contributed by atoms with van der Waals surface area (Å²) in [6.45, 7) is 6.16. The number of rotatable bonds is 3. The number of benzene rings is 1. The lowest BCUT2D eigenvalue weighted by atomic mass is 10.1. The third kappa shape index (κ3) is 3.41. The van der Waals surface area contributed by atoms with E-state index in [4.69, 9.17) is 10.00 Å². The van der Waals surface area contributed by atoms with E-state index in [1.165, 1.54) is 12.1 Å². The van der Waals surface area contributed by atoms with Crippen LogP contribution >= 0.6 is 0 Å². The number of ether oxygens (including phenoxy) is 1. The summed E-state index contributed by atoms with van der Waals surface area (Å²) < 4.78 is 19.2. The van der Waals surface area contributed by atoms with Crippen LogP contribution in [0.3, 0.4) is 0 Å². The van der Waals surface area contributed by atoms with Crippen molar-refractivity contribution < 1.29 is 9.13 Å². The van der Waals surface area contributed by atoms with Gasteiger partial charge in [0.15, 0.2) is 0 Å². The van der Waals surface area contributed by atoms with Gasteiger partial charge in [-0.05, 0) is 24.6 Å². The molecule has 0 amide bonds. The number of halogens is 1. The van der Waals surface area contributed by atoms with E-state index in [2.05, 4.69) is 15.9 Å². The Labute approximate surface area is 124 Å². The molecule has 2 aliphatic rings. The van der Waals surface area contributed by atoms with Crippen molar-refractivity contribution in [1.29, 1.82) is 5.26 Å². The van der Waals surface area contributed by atoms with Gasteiger partial charge in [0.05, 0.1) is 24.8 Å². The zero-order valence-electron chi connectivity index (χ0n) is 12.1. The molecule has 0 spiro atoms. The molecule has 112 valence electrons. The molecule has 2 saturated heterocycles. The summed E-state index contributed by atoms with van der Waals surface area (Å²) in [5.74, 6) is -0.219. The largest absolute Gasteiger partial charge is 0.379 e. The zero-order valence-corrected chi connectivity index (χ0v) is 12.1. The highest BCUT2D eigenvalue weighted by atomic mass is 19.1. The number of likely N-dealkylation sites (tertiary alicyclic amines) is 1. The van der Waals surface area contributed by atoms with Crippen LogP contribution in [0, 0.1) is 17.1 Å². The van der Waals surface area contributed by atoms with Gasteiger partial charge in [-0.15, -0.1) is 0 Å². The lowest BCUT2D eigenvalue weighted by Crippen LogP contribution is -2.44. The predicted octanol–water partition coefficient (Wildman–Crippen LogP) is 1.60. The van der Waals surface area contributed by atoms with Crippen LogP contribution in [0.2, 0.25) is 0 Å². The lowest BCUT2D eigenvalue weighted by Gasteiger charge is -2.32. The zero-order chi connectivity index (χ0) is 14.7. The molecule has 0 bridgehead atoms. The quantitative estimate of drug-likeness (QED) is 0.847. The molecular formula is C16H20FN3O. The first-order valence-electron chi connectivity index (χ1n) is 7.49. The fourth-order valence-electron chi connectivity index (χ4n) is 3.20. The van der Waals surface area contributed by atoms with Crippen LogP contribution in [0.15, 0.2) is 18.2 Å². The summed E-state index contributed by atoms with van der Waals surface area (Å²) >= 11 is 0. The molecule has 21 heavy (non-hydrogen) atoms. The second-order valence-electron chi connectivity index (χ2n) is 5.74. The van der Waals surface area contributed by atoms with E-state index in [0.717, 1.165) is 45.8 Å². The van der Waals surface area contributed by atoms with Gasteiger partial charge in [0.1, 0.15) is 5.82 Å². The molecule has 0 aromatic heterocycles. The van der Waals surface area contributed by atoms with Gasteiger partial charge in [0.2, 0.25) is 0 Å². The molecule has 1 aromatic carbocycles. The second-order valence-corrected chi connectivity index (χ2v) is 5.74. The standard InChI is InChI=1S/C16H20FN3O/c17-16-2-1-13(10-18)9-14(16)11-19-4-3-15(12-19)20-5-7-21-8-6-20/h1-2,9,15H,3-8,11-12H2. The van der Waals surface area contributed by atoms with E-state index in [-0.39, 0.29) is 5.82 Å². The molecule has 3 rings (SSSR count). The van der Waals surface area contributed by atoms with Crippen LogP contribution in [0.5, 0.6) is 0 Å². The number of hydrogen-bond acceptors (Lipinski definition) is 4. The fourth-order valence-corrected chi connectivity index (χ4v) is 3.20. The highest BCUT2D eigenvalue weighted by Crippen LogP contribution is 2.20. The Hall–Kier alpha value is -1.48. The number of morpholine rings is 1. The Bertz CT molecular complexity index is 537. The van der Waals surface area contributed by atoms with Crippen LogP contribution in [0.1, 0.15) is 17.5 Å². The minimum Gasteiger partial charge on any atom is -0.379 e. The average molecular weight is 289 g/mol. The first-order valence-corrected chi connectivity index (χ1v) is 7.49. The Kier molecular flexibility index (Phi) is 4.49.